The van der Waals surface area contributed by atoms with Gasteiger partial charge in [0.05, 0.1) is 31.2 Å². The van der Waals surface area contributed by atoms with E-state index in [9.17, 15) is 4.79 Å². The van der Waals surface area contributed by atoms with Crippen LogP contribution in [0.4, 0.5) is 5.69 Å². The van der Waals surface area contributed by atoms with Gasteiger partial charge in [0, 0.05) is 17.4 Å². The van der Waals surface area contributed by atoms with Gasteiger partial charge in [0.15, 0.2) is 0 Å². The molecule has 218 valence electrons. The zero-order valence-electron chi connectivity index (χ0n) is 24.9. The number of hydrogen-bond donors (Lipinski definition) is 2. The van der Waals surface area contributed by atoms with Crippen molar-refractivity contribution in [3.63, 3.8) is 0 Å². The van der Waals surface area contributed by atoms with E-state index in [0.717, 1.165) is 53.3 Å². The maximum Gasteiger partial charge on any atom is 0.253 e. The first-order valence-electron chi connectivity index (χ1n) is 15.4. The quantitative estimate of drug-likeness (QED) is 0.270. The second-order valence-electron chi connectivity index (χ2n) is 11.8. The van der Waals surface area contributed by atoms with Crippen LogP contribution in [0, 0.1) is 11.8 Å². The minimum atomic E-state index is -0.128. The van der Waals surface area contributed by atoms with Crippen molar-refractivity contribution >= 4 is 17.3 Å². The summed E-state index contributed by atoms with van der Waals surface area (Å²) in [5.41, 5.74) is 5.90. The maximum atomic E-state index is 13.2. The SMILES string of the molecule is CCC1CC(c2cncc(OC)n2)=Cc2cc[nH]c(=O)c2C1Nc1ccc(CCCCC2CCCN(C)CC2)cc1. The molecule has 1 saturated heterocycles. The van der Waals surface area contributed by atoms with Crippen LogP contribution in [0.2, 0.25) is 0 Å². The molecule has 7 heteroatoms. The number of fused-ring (bicyclic) bond motifs is 1. The van der Waals surface area contributed by atoms with Gasteiger partial charge in [-0.25, -0.2) is 4.98 Å². The first-order chi connectivity index (χ1) is 20.0. The predicted molar refractivity (Wildman–Crippen MR) is 167 cm³/mol. The number of ether oxygens (including phenoxy) is 1. The van der Waals surface area contributed by atoms with E-state index in [2.05, 4.69) is 69.5 Å². The maximum absolute atomic E-state index is 13.2. The summed E-state index contributed by atoms with van der Waals surface area (Å²) in [6.07, 6.45) is 18.0. The van der Waals surface area contributed by atoms with Gasteiger partial charge in [0.25, 0.3) is 5.56 Å². The Morgan fingerprint density at radius 1 is 1.10 bits per heavy atom. The van der Waals surface area contributed by atoms with E-state index >= 15 is 0 Å². The molecule has 2 aliphatic rings. The fourth-order valence-corrected chi connectivity index (χ4v) is 6.49. The van der Waals surface area contributed by atoms with Crippen molar-refractivity contribution in [2.75, 3.05) is 32.6 Å². The molecule has 1 aromatic carbocycles. The fraction of sp³-hybridized carbons (Fsp3) is 0.500. The number of aromatic nitrogens is 3. The number of aromatic amines is 1. The summed E-state index contributed by atoms with van der Waals surface area (Å²) < 4.78 is 5.33. The van der Waals surface area contributed by atoms with Crippen LogP contribution >= 0.6 is 0 Å². The minimum Gasteiger partial charge on any atom is -0.480 e. The van der Waals surface area contributed by atoms with Crippen LogP contribution in [0.3, 0.4) is 0 Å². The first kappa shape index (κ1) is 29.1. The highest BCUT2D eigenvalue weighted by molar-refractivity contribution is 5.82. The molecule has 41 heavy (non-hydrogen) atoms. The Morgan fingerprint density at radius 2 is 1.95 bits per heavy atom. The standard InChI is InChI=1S/C34H45N5O2/c1-4-26-20-28(30-22-35-23-31(38-30)41-3)21-27-15-17-36-34(40)32(27)33(26)37-29-13-11-25(12-14-29)9-6-5-8-24-10-7-18-39(2)19-16-24/h11-15,17,21-24,26,33,37H,4-10,16,18-20H2,1-3H3,(H,36,40). The Hall–Kier alpha value is -3.45. The van der Waals surface area contributed by atoms with Gasteiger partial charge in [-0.1, -0.05) is 38.3 Å². The summed E-state index contributed by atoms with van der Waals surface area (Å²) in [5.74, 6) is 1.58. The molecule has 2 aromatic heterocycles. The molecule has 1 aliphatic carbocycles. The van der Waals surface area contributed by atoms with Gasteiger partial charge in [0.2, 0.25) is 5.88 Å². The van der Waals surface area contributed by atoms with Crippen LogP contribution in [0.15, 0.2) is 53.7 Å². The molecule has 0 bridgehead atoms. The summed E-state index contributed by atoms with van der Waals surface area (Å²) in [6, 6.07) is 10.7. The van der Waals surface area contributed by atoms with E-state index in [1.54, 1.807) is 25.7 Å². The number of nitrogens with zero attached hydrogens (tertiary/aromatic N) is 3. The van der Waals surface area contributed by atoms with Crippen LogP contribution < -0.4 is 15.6 Å². The molecule has 3 unspecified atom stereocenters. The number of rotatable bonds is 10. The number of pyridine rings is 1. The lowest BCUT2D eigenvalue weighted by molar-refractivity contribution is 0.337. The van der Waals surface area contributed by atoms with Gasteiger partial charge in [-0.05, 0) is 111 Å². The summed E-state index contributed by atoms with van der Waals surface area (Å²) in [4.78, 5) is 27.6. The Kier molecular flexibility index (Phi) is 9.88. The third-order valence-electron chi connectivity index (χ3n) is 8.98. The molecule has 5 rings (SSSR count). The van der Waals surface area contributed by atoms with Gasteiger partial charge in [-0.15, -0.1) is 0 Å². The number of likely N-dealkylation sites (tertiary alicyclic amines) is 1. The number of methoxy groups -OCH3 is 1. The number of hydrogen-bond acceptors (Lipinski definition) is 6. The van der Waals surface area contributed by atoms with Crippen LogP contribution in [-0.2, 0) is 6.42 Å². The largest absolute Gasteiger partial charge is 0.480 e. The highest BCUT2D eigenvalue weighted by atomic mass is 16.5. The summed E-state index contributed by atoms with van der Waals surface area (Å²) >= 11 is 0. The van der Waals surface area contributed by atoms with E-state index in [1.807, 2.05) is 6.07 Å². The fourth-order valence-electron chi connectivity index (χ4n) is 6.49. The van der Waals surface area contributed by atoms with Crippen molar-refractivity contribution in [2.45, 2.75) is 70.8 Å². The molecule has 0 saturated carbocycles. The van der Waals surface area contributed by atoms with Crippen molar-refractivity contribution in [3.8, 4) is 5.88 Å². The second-order valence-corrected chi connectivity index (χ2v) is 11.8. The molecule has 3 atom stereocenters. The Labute approximate surface area is 244 Å². The van der Waals surface area contributed by atoms with Crippen LogP contribution in [0.25, 0.3) is 11.6 Å². The Bertz CT molecular complexity index is 1370. The van der Waals surface area contributed by atoms with Gasteiger partial charge >= 0.3 is 0 Å². The topological polar surface area (TPSA) is 83.1 Å². The lowest BCUT2D eigenvalue weighted by Gasteiger charge is -2.28. The van der Waals surface area contributed by atoms with Gasteiger partial charge in [-0.3, -0.25) is 9.78 Å². The molecule has 1 aliphatic heterocycles. The van der Waals surface area contributed by atoms with E-state index in [0.29, 0.717) is 5.88 Å². The molecule has 7 nitrogen and oxygen atoms in total. The molecule has 2 N–H and O–H groups in total. The summed E-state index contributed by atoms with van der Waals surface area (Å²) in [7, 11) is 3.85. The molecule has 0 radical (unpaired) electrons. The van der Waals surface area contributed by atoms with Crippen molar-refractivity contribution < 1.29 is 4.74 Å². The summed E-state index contributed by atoms with van der Waals surface area (Å²) in [5, 5.41) is 3.74. The second kappa shape index (κ2) is 13.9. The number of benzene rings is 1. The van der Waals surface area contributed by atoms with Crippen molar-refractivity contribution in [2.24, 2.45) is 11.8 Å². The normalized spacial score (nSPS) is 21.3. The summed E-state index contributed by atoms with van der Waals surface area (Å²) in [6.45, 7) is 4.69. The average molecular weight is 556 g/mol. The molecule has 3 heterocycles. The highest BCUT2D eigenvalue weighted by Gasteiger charge is 2.30. The van der Waals surface area contributed by atoms with Crippen molar-refractivity contribution in [1.82, 2.24) is 19.9 Å². The number of allylic oxidation sites excluding steroid dienone is 1. The number of aryl methyl sites for hydroxylation is 1. The van der Waals surface area contributed by atoms with Crippen LogP contribution in [-0.4, -0.2) is 47.1 Å². The number of anilines is 1. The Morgan fingerprint density at radius 3 is 2.76 bits per heavy atom. The van der Waals surface area contributed by atoms with Gasteiger partial charge in [-0.2, -0.15) is 0 Å². The number of unbranched alkanes of at least 4 members (excludes halogenated alkanes) is 1. The van der Waals surface area contributed by atoms with Gasteiger partial charge in [0.1, 0.15) is 0 Å². The lowest BCUT2D eigenvalue weighted by Crippen LogP contribution is -2.27. The zero-order valence-corrected chi connectivity index (χ0v) is 24.9. The molecule has 3 aromatic rings. The van der Waals surface area contributed by atoms with Gasteiger partial charge < -0.3 is 19.9 Å². The van der Waals surface area contributed by atoms with E-state index in [4.69, 9.17) is 4.74 Å². The lowest BCUT2D eigenvalue weighted by atomic mass is 9.87. The number of H-pyrrole nitrogens is 1. The molecule has 0 spiro atoms. The third-order valence-corrected chi connectivity index (χ3v) is 8.98. The van der Waals surface area contributed by atoms with E-state index in [-0.39, 0.29) is 17.5 Å². The average Bonchev–Trinajstić information content (AvgIpc) is 3.30. The van der Waals surface area contributed by atoms with Crippen molar-refractivity contribution in [1.29, 1.82) is 0 Å². The highest BCUT2D eigenvalue weighted by Crippen LogP contribution is 2.40. The predicted octanol–water partition coefficient (Wildman–Crippen LogP) is 6.74. The monoisotopic (exact) mass is 555 g/mol. The Balaban J connectivity index is 1.26. The molecule has 1 fully saturated rings. The molecular formula is C34H45N5O2. The van der Waals surface area contributed by atoms with Crippen LogP contribution in [0.5, 0.6) is 5.88 Å². The molecular weight excluding hydrogens is 510 g/mol. The number of nitrogens with one attached hydrogen (secondary N) is 2. The van der Waals surface area contributed by atoms with Crippen LogP contribution in [0.1, 0.15) is 86.7 Å². The minimum absolute atomic E-state index is 0.0513. The smallest absolute Gasteiger partial charge is 0.253 e. The zero-order chi connectivity index (χ0) is 28.6. The molecule has 0 amide bonds. The van der Waals surface area contributed by atoms with E-state index in [1.165, 1.54) is 57.2 Å². The van der Waals surface area contributed by atoms with E-state index < -0.39 is 0 Å². The van der Waals surface area contributed by atoms with Crippen molar-refractivity contribution in [3.05, 3.63) is 81.7 Å². The first-order valence-corrected chi connectivity index (χ1v) is 15.4. The third kappa shape index (κ3) is 7.45.